The molecular formula is C22H23NO6. The SMILES string of the molecule is COCCN1C(=O)C(=O)/C(=C(/O)c2ccc(C)cc2)[C@H]1c1ccc(O)c(OC)c1. The number of ketones is 1. The highest BCUT2D eigenvalue weighted by molar-refractivity contribution is 6.46. The van der Waals surface area contributed by atoms with Gasteiger partial charge < -0.3 is 24.6 Å². The predicted octanol–water partition coefficient (Wildman–Crippen LogP) is 2.78. The minimum Gasteiger partial charge on any atom is -0.507 e. The molecule has 1 aliphatic rings. The van der Waals surface area contributed by atoms with Crippen molar-refractivity contribution >= 4 is 17.4 Å². The van der Waals surface area contributed by atoms with Gasteiger partial charge in [0.2, 0.25) is 0 Å². The van der Waals surface area contributed by atoms with Crippen LogP contribution in [0.5, 0.6) is 11.5 Å². The maximum Gasteiger partial charge on any atom is 0.295 e. The number of hydrogen-bond acceptors (Lipinski definition) is 6. The van der Waals surface area contributed by atoms with Gasteiger partial charge in [0.05, 0.1) is 25.3 Å². The van der Waals surface area contributed by atoms with Gasteiger partial charge in [-0.15, -0.1) is 0 Å². The molecule has 1 aliphatic heterocycles. The Hall–Kier alpha value is -3.32. The van der Waals surface area contributed by atoms with Crippen LogP contribution >= 0.6 is 0 Å². The summed E-state index contributed by atoms with van der Waals surface area (Å²) < 4.78 is 10.2. The number of phenolic OH excluding ortho intramolecular Hbond substituents is 1. The van der Waals surface area contributed by atoms with E-state index in [0.717, 1.165) is 5.56 Å². The van der Waals surface area contributed by atoms with E-state index in [1.807, 2.05) is 19.1 Å². The third kappa shape index (κ3) is 3.82. The average molecular weight is 397 g/mol. The Kier molecular flexibility index (Phi) is 5.89. The fraction of sp³-hybridized carbons (Fsp3) is 0.273. The van der Waals surface area contributed by atoms with Crippen molar-refractivity contribution in [3.8, 4) is 11.5 Å². The molecule has 2 aromatic carbocycles. The summed E-state index contributed by atoms with van der Waals surface area (Å²) in [6, 6.07) is 10.8. The lowest BCUT2D eigenvalue weighted by Gasteiger charge is -2.25. The molecule has 0 spiro atoms. The molecule has 1 fully saturated rings. The highest BCUT2D eigenvalue weighted by Gasteiger charge is 2.46. The van der Waals surface area contributed by atoms with Gasteiger partial charge in [0.25, 0.3) is 11.7 Å². The molecule has 2 N–H and O–H groups in total. The van der Waals surface area contributed by atoms with Crippen LogP contribution in [0.2, 0.25) is 0 Å². The van der Waals surface area contributed by atoms with Gasteiger partial charge in [-0.05, 0) is 24.6 Å². The van der Waals surface area contributed by atoms with Crippen LogP contribution in [-0.2, 0) is 14.3 Å². The molecule has 3 rings (SSSR count). The Labute approximate surface area is 168 Å². The zero-order chi connectivity index (χ0) is 21.1. The standard InChI is InChI=1S/C22H23NO6/c1-13-4-6-14(7-5-13)20(25)18-19(15-8-9-16(24)17(12-15)29-3)23(10-11-28-2)22(27)21(18)26/h4-9,12,19,24-25H,10-11H2,1-3H3/b20-18+/t19-/m1/s1. The first-order valence-electron chi connectivity index (χ1n) is 9.10. The predicted molar refractivity (Wildman–Crippen MR) is 107 cm³/mol. The van der Waals surface area contributed by atoms with Crippen LogP contribution in [0.15, 0.2) is 48.0 Å². The van der Waals surface area contributed by atoms with Gasteiger partial charge in [-0.3, -0.25) is 9.59 Å². The van der Waals surface area contributed by atoms with Gasteiger partial charge in [0.15, 0.2) is 11.5 Å². The van der Waals surface area contributed by atoms with Gasteiger partial charge in [-0.25, -0.2) is 0 Å². The number of carbonyl (C=O) groups is 2. The smallest absolute Gasteiger partial charge is 0.295 e. The molecule has 0 unspecified atom stereocenters. The van der Waals surface area contributed by atoms with E-state index in [1.54, 1.807) is 24.3 Å². The summed E-state index contributed by atoms with van der Waals surface area (Å²) >= 11 is 0. The first kappa shape index (κ1) is 20.4. The van der Waals surface area contributed by atoms with E-state index in [1.165, 1.54) is 25.2 Å². The Balaban J connectivity index is 2.18. The zero-order valence-corrected chi connectivity index (χ0v) is 16.5. The average Bonchev–Trinajstić information content (AvgIpc) is 2.97. The lowest BCUT2D eigenvalue weighted by atomic mass is 9.94. The molecule has 2 aromatic rings. The summed E-state index contributed by atoms with van der Waals surface area (Å²) in [5, 5.41) is 20.8. The summed E-state index contributed by atoms with van der Waals surface area (Å²) in [5.74, 6) is -1.59. The van der Waals surface area contributed by atoms with Crippen LogP contribution in [0, 0.1) is 6.92 Å². The van der Waals surface area contributed by atoms with Gasteiger partial charge in [-0.2, -0.15) is 0 Å². The number of Topliss-reactive ketones (excluding diaryl/α,β-unsaturated/α-hetero) is 1. The van der Waals surface area contributed by atoms with Gasteiger partial charge >= 0.3 is 0 Å². The summed E-state index contributed by atoms with van der Waals surface area (Å²) in [4.78, 5) is 26.9. The number of ether oxygens (including phenoxy) is 2. The maximum absolute atomic E-state index is 12.8. The normalized spacial score (nSPS) is 18.3. The van der Waals surface area contributed by atoms with Crippen LogP contribution in [0.25, 0.3) is 5.76 Å². The molecule has 0 bridgehead atoms. The zero-order valence-electron chi connectivity index (χ0n) is 16.5. The monoisotopic (exact) mass is 397 g/mol. The fourth-order valence-electron chi connectivity index (χ4n) is 3.38. The number of methoxy groups -OCH3 is 2. The topological polar surface area (TPSA) is 96.3 Å². The molecule has 0 aromatic heterocycles. The molecule has 1 saturated heterocycles. The first-order chi connectivity index (χ1) is 13.9. The van der Waals surface area contributed by atoms with Crippen molar-refractivity contribution in [1.29, 1.82) is 0 Å². The van der Waals surface area contributed by atoms with Gasteiger partial charge in [0, 0.05) is 19.2 Å². The van der Waals surface area contributed by atoms with Gasteiger partial charge in [-0.1, -0.05) is 35.9 Å². The number of aliphatic hydroxyl groups excluding tert-OH is 1. The third-order valence-corrected chi connectivity index (χ3v) is 4.92. The summed E-state index contributed by atoms with van der Waals surface area (Å²) in [5.41, 5.74) is 1.96. The van der Waals surface area contributed by atoms with Gasteiger partial charge in [0.1, 0.15) is 5.76 Å². The minimum absolute atomic E-state index is 0.0114. The van der Waals surface area contributed by atoms with E-state index in [-0.39, 0.29) is 36.0 Å². The second-order valence-corrected chi connectivity index (χ2v) is 6.78. The number of amides is 1. The number of rotatable bonds is 6. The van der Waals surface area contributed by atoms with Crippen molar-refractivity contribution in [3.05, 3.63) is 64.7 Å². The number of likely N-dealkylation sites (tertiary alicyclic amines) is 1. The lowest BCUT2D eigenvalue weighted by Crippen LogP contribution is -2.32. The fourth-order valence-corrected chi connectivity index (χ4v) is 3.38. The van der Waals surface area contributed by atoms with Crippen molar-refractivity contribution in [2.75, 3.05) is 27.4 Å². The Bertz CT molecular complexity index is 964. The van der Waals surface area contributed by atoms with Crippen LogP contribution in [-0.4, -0.2) is 54.2 Å². The number of hydrogen-bond donors (Lipinski definition) is 2. The molecule has 1 amide bonds. The van der Waals surface area contributed by atoms with E-state index in [2.05, 4.69) is 0 Å². The van der Waals surface area contributed by atoms with Crippen LogP contribution < -0.4 is 4.74 Å². The molecule has 0 radical (unpaired) electrons. The van der Waals surface area contributed by atoms with E-state index < -0.39 is 17.7 Å². The Morgan fingerprint density at radius 2 is 1.79 bits per heavy atom. The molecule has 7 heteroatoms. The highest BCUT2D eigenvalue weighted by atomic mass is 16.5. The number of aliphatic hydroxyl groups is 1. The molecule has 1 atom stereocenters. The maximum atomic E-state index is 12.8. The molecule has 0 saturated carbocycles. The molecule has 7 nitrogen and oxygen atoms in total. The summed E-state index contributed by atoms with van der Waals surface area (Å²) in [6.45, 7) is 2.30. The van der Waals surface area contributed by atoms with Crippen molar-refractivity contribution in [1.82, 2.24) is 4.90 Å². The van der Waals surface area contributed by atoms with Crippen molar-refractivity contribution in [3.63, 3.8) is 0 Å². The number of aromatic hydroxyl groups is 1. The van der Waals surface area contributed by atoms with Crippen molar-refractivity contribution in [2.45, 2.75) is 13.0 Å². The van der Waals surface area contributed by atoms with Crippen molar-refractivity contribution < 1.29 is 29.3 Å². The Morgan fingerprint density at radius 1 is 1.10 bits per heavy atom. The number of phenols is 1. The van der Waals surface area contributed by atoms with Crippen LogP contribution in [0.4, 0.5) is 0 Å². The number of nitrogens with zero attached hydrogens (tertiary/aromatic N) is 1. The molecule has 152 valence electrons. The van der Waals surface area contributed by atoms with Crippen molar-refractivity contribution in [2.24, 2.45) is 0 Å². The van der Waals surface area contributed by atoms with Crippen LogP contribution in [0.3, 0.4) is 0 Å². The first-order valence-corrected chi connectivity index (χ1v) is 9.10. The molecular weight excluding hydrogens is 374 g/mol. The second kappa shape index (κ2) is 8.36. The minimum atomic E-state index is -0.832. The Morgan fingerprint density at radius 3 is 2.41 bits per heavy atom. The molecule has 0 aliphatic carbocycles. The molecule has 1 heterocycles. The summed E-state index contributed by atoms with van der Waals surface area (Å²) in [7, 11) is 2.91. The summed E-state index contributed by atoms with van der Waals surface area (Å²) in [6.07, 6.45) is 0. The van der Waals surface area contributed by atoms with E-state index >= 15 is 0 Å². The number of benzene rings is 2. The number of aryl methyl sites for hydroxylation is 1. The quantitative estimate of drug-likeness (QED) is 0.442. The van der Waals surface area contributed by atoms with E-state index in [0.29, 0.717) is 11.1 Å². The number of carbonyl (C=O) groups excluding carboxylic acids is 2. The largest absolute Gasteiger partial charge is 0.507 e. The third-order valence-electron chi connectivity index (χ3n) is 4.92. The van der Waals surface area contributed by atoms with E-state index in [9.17, 15) is 19.8 Å². The van der Waals surface area contributed by atoms with E-state index in [4.69, 9.17) is 9.47 Å². The lowest BCUT2D eigenvalue weighted by molar-refractivity contribution is -0.140. The molecule has 29 heavy (non-hydrogen) atoms. The second-order valence-electron chi connectivity index (χ2n) is 6.78. The van der Waals surface area contributed by atoms with Crippen LogP contribution in [0.1, 0.15) is 22.7 Å². The highest BCUT2D eigenvalue weighted by Crippen LogP contribution is 2.41.